The number of carbonyl (C=O) groups is 1. The van der Waals surface area contributed by atoms with Gasteiger partial charge in [-0.3, -0.25) is 0 Å². The summed E-state index contributed by atoms with van der Waals surface area (Å²) in [6.45, 7) is 0.492. The molecule has 0 atom stereocenters. The Morgan fingerprint density at radius 2 is 2.25 bits per heavy atom. The Labute approximate surface area is 92.4 Å². The van der Waals surface area contributed by atoms with Crippen molar-refractivity contribution < 1.29 is 9.90 Å². The highest BCUT2D eigenvalue weighted by atomic mass is 16.4. The molecule has 82 valence electrons. The first-order valence-electron chi connectivity index (χ1n) is 4.93. The average molecular weight is 216 g/mol. The molecule has 0 spiro atoms. The van der Waals surface area contributed by atoms with E-state index in [1.165, 1.54) is 0 Å². The number of nitrogens with two attached hydrogens (primary N) is 1. The predicted octanol–water partition coefficient (Wildman–Crippen LogP) is 1.84. The van der Waals surface area contributed by atoms with Gasteiger partial charge in [0, 0.05) is 17.4 Å². The number of hydrogen-bond donors (Lipinski definition) is 3. The van der Waals surface area contributed by atoms with Gasteiger partial charge in [-0.05, 0) is 23.8 Å². The summed E-state index contributed by atoms with van der Waals surface area (Å²) in [5, 5.41) is 9.72. The van der Waals surface area contributed by atoms with Crippen LogP contribution in [0.1, 0.15) is 16.1 Å². The van der Waals surface area contributed by atoms with Gasteiger partial charge in [0.05, 0.1) is 0 Å². The summed E-state index contributed by atoms with van der Waals surface area (Å²) in [5.74, 6) is -0.949. The van der Waals surface area contributed by atoms with E-state index in [-0.39, 0.29) is 5.69 Å². The molecule has 4 heteroatoms. The summed E-state index contributed by atoms with van der Waals surface area (Å²) in [7, 11) is 0. The first-order valence-corrected chi connectivity index (χ1v) is 4.93. The topological polar surface area (TPSA) is 79.1 Å². The minimum absolute atomic E-state index is 0.204. The number of aromatic nitrogens is 1. The zero-order chi connectivity index (χ0) is 11.5. The molecule has 2 aromatic rings. The average Bonchev–Trinajstić information content (AvgIpc) is 2.69. The second-order valence-electron chi connectivity index (χ2n) is 3.47. The van der Waals surface area contributed by atoms with E-state index in [9.17, 15) is 4.79 Å². The number of rotatable bonds is 3. The summed E-state index contributed by atoms with van der Waals surface area (Å²) in [6, 6.07) is 7.32. The largest absolute Gasteiger partial charge is 0.477 e. The van der Waals surface area contributed by atoms with Crippen LogP contribution in [0.15, 0.2) is 30.3 Å². The first kappa shape index (κ1) is 10.4. The van der Waals surface area contributed by atoms with Crippen LogP contribution in [0.4, 0.5) is 0 Å². The first-order chi connectivity index (χ1) is 7.70. The maximum atomic E-state index is 10.8. The van der Waals surface area contributed by atoms with Crippen LogP contribution in [-0.2, 0) is 0 Å². The van der Waals surface area contributed by atoms with Crippen molar-refractivity contribution >= 4 is 22.9 Å². The summed E-state index contributed by atoms with van der Waals surface area (Å²) >= 11 is 0. The third-order valence-corrected chi connectivity index (χ3v) is 2.32. The Morgan fingerprint density at radius 1 is 1.44 bits per heavy atom. The summed E-state index contributed by atoms with van der Waals surface area (Å²) in [5.41, 5.74) is 7.40. The van der Waals surface area contributed by atoms with Crippen molar-refractivity contribution in [1.29, 1.82) is 0 Å². The SMILES string of the molecule is NCC=Cc1ccc2[nH]c(C(=O)O)cc2c1. The molecule has 0 radical (unpaired) electrons. The molecule has 2 rings (SSSR count). The Morgan fingerprint density at radius 3 is 2.94 bits per heavy atom. The van der Waals surface area contributed by atoms with Crippen LogP contribution in [0.3, 0.4) is 0 Å². The van der Waals surface area contributed by atoms with Gasteiger partial charge in [-0.15, -0.1) is 0 Å². The normalized spacial score (nSPS) is 11.3. The summed E-state index contributed by atoms with van der Waals surface area (Å²) in [4.78, 5) is 13.6. The van der Waals surface area contributed by atoms with Crippen molar-refractivity contribution in [1.82, 2.24) is 4.98 Å². The fourth-order valence-electron chi connectivity index (χ4n) is 1.57. The fourth-order valence-corrected chi connectivity index (χ4v) is 1.57. The highest BCUT2D eigenvalue weighted by Crippen LogP contribution is 2.18. The van der Waals surface area contributed by atoms with Crippen LogP contribution in [-0.4, -0.2) is 22.6 Å². The standard InChI is InChI=1S/C12H12N2O2/c13-5-1-2-8-3-4-10-9(6-8)7-11(14-10)12(15)16/h1-4,6-7,14H,5,13H2,(H,15,16). The molecule has 0 aliphatic carbocycles. The lowest BCUT2D eigenvalue weighted by Gasteiger charge is -1.93. The van der Waals surface area contributed by atoms with E-state index in [1.54, 1.807) is 6.07 Å². The van der Waals surface area contributed by atoms with Crippen molar-refractivity contribution in [3.05, 3.63) is 41.6 Å². The third kappa shape index (κ3) is 1.97. The van der Waals surface area contributed by atoms with Gasteiger partial charge in [0.25, 0.3) is 0 Å². The maximum Gasteiger partial charge on any atom is 0.352 e. The number of H-pyrrole nitrogens is 1. The quantitative estimate of drug-likeness (QED) is 0.732. The molecular formula is C12H12N2O2. The lowest BCUT2D eigenvalue weighted by molar-refractivity contribution is 0.0691. The van der Waals surface area contributed by atoms with Crippen molar-refractivity contribution in [3.63, 3.8) is 0 Å². The highest BCUT2D eigenvalue weighted by molar-refractivity contribution is 5.94. The molecule has 0 aliphatic rings. The van der Waals surface area contributed by atoms with Gasteiger partial charge < -0.3 is 15.8 Å². The van der Waals surface area contributed by atoms with E-state index in [2.05, 4.69) is 4.98 Å². The number of carboxylic acid groups (broad SMARTS) is 1. The Hall–Kier alpha value is -2.07. The van der Waals surface area contributed by atoms with Crippen LogP contribution in [0, 0.1) is 0 Å². The van der Waals surface area contributed by atoms with E-state index in [0.29, 0.717) is 6.54 Å². The van der Waals surface area contributed by atoms with Crippen LogP contribution in [0.25, 0.3) is 17.0 Å². The predicted molar refractivity (Wildman–Crippen MR) is 63.3 cm³/mol. The smallest absolute Gasteiger partial charge is 0.352 e. The van der Waals surface area contributed by atoms with Gasteiger partial charge >= 0.3 is 5.97 Å². The molecule has 1 heterocycles. The summed E-state index contributed by atoms with van der Waals surface area (Å²) < 4.78 is 0. The molecule has 0 saturated carbocycles. The van der Waals surface area contributed by atoms with Gasteiger partial charge in [0.15, 0.2) is 0 Å². The molecule has 1 aromatic heterocycles. The van der Waals surface area contributed by atoms with E-state index in [4.69, 9.17) is 10.8 Å². The molecule has 0 fully saturated rings. The number of nitrogens with one attached hydrogen (secondary N) is 1. The molecule has 0 unspecified atom stereocenters. The minimum atomic E-state index is -0.949. The second-order valence-corrected chi connectivity index (χ2v) is 3.47. The molecular weight excluding hydrogens is 204 g/mol. The van der Waals surface area contributed by atoms with Gasteiger partial charge in [-0.1, -0.05) is 18.2 Å². The molecule has 0 saturated heterocycles. The van der Waals surface area contributed by atoms with Gasteiger partial charge in [0.2, 0.25) is 0 Å². The molecule has 4 nitrogen and oxygen atoms in total. The Kier molecular flexibility index (Phi) is 2.74. The lowest BCUT2D eigenvalue weighted by Crippen LogP contribution is -1.94. The van der Waals surface area contributed by atoms with E-state index in [1.807, 2.05) is 30.4 Å². The molecule has 0 amide bonds. The second kappa shape index (κ2) is 4.20. The molecule has 0 aliphatic heterocycles. The van der Waals surface area contributed by atoms with Crippen LogP contribution in [0.2, 0.25) is 0 Å². The monoisotopic (exact) mass is 216 g/mol. The van der Waals surface area contributed by atoms with Gasteiger partial charge in [0.1, 0.15) is 5.69 Å². The van der Waals surface area contributed by atoms with Crippen molar-refractivity contribution in [3.8, 4) is 0 Å². The van der Waals surface area contributed by atoms with E-state index < -0.39 is 5.97 Å². The maximum absolute atomic E-state index is 10.8. The van der Waals surface area contributed by atoms with Crippen molar-refractivity contribution in [2.45, 2.75) is 0 Å². The van der Waals surface area contributed by atoms with Crippen LogP contribution < -0.4 is 5.73 Å². The zero-order valence-corrected chi connectivity index (χ0v) is 8.60. The number of aromatic carboxylic acids is 1. The van der Waals surface area contributed by atoms with Crippen LogP contribution in [0.5, 0.6) is 0 Å². The lowest BCUT2D eigenvalue weighted by atomic mass is 10.1. The number of hydrogen-bond acceptors (Lipinski definition) is 2. The van der Waals surface area contributed by atoms with E-state index >= 15 is 0 Å². The van der Waals surface area contributed by atoms with Crippen molar-refractivity contribution in [2.75, 3.05) is 6.54 Å². The van der Waals surface area contributed by atoms with Crippen LogP contribution >= 0.6 is 0 Å². The molecule has 1 aromatic carbocycles. The number of fused-ring (bicyclic) bond motifs is 1. The third-order valence-electron chi connectivity index (χ3n) is 2.32. The Balaban J connectivity index is 2.45. The van der Waals surface area contributed by atoms with E-state index in [0.717, 1.165) is 16.5 Å². The van der Waals surface area contributed by atoms with Crippen molar-refractivity contribution in [2.24, 2.45) is 5.73 Å². The molecule has 0 bridgehead atoms. The molecule has 16 heavy (non-hydrogen) atoms. The fraction of sp³-hybridized carbons (Fsp3) is 0.0833. The molecule has 4 N–H and O–H groups in total. The number of aromatic amines is 1. The number of carboxylic acids is 1. The zero-order valence-electron chi connectivity index (χ0n) is 8.60. The minimum Gasteiger partial charge on any atom is -0.477 e. The van der Waals surface area contributed by atoms with Gasteiger partial charge in [-0.2, -0.15) is 0 Å². The Bertz CT molecular complexity index is 555. The number of benzene rings is 1. The highest BCUT2D eigenvalue weighted by Gasteiger charge is 2.06. The van der Waals surface area contributed by atoms with Gasteiger partial charge in [-0.25, -0.2) is 4.79 Å². The summed E-state index contributed by atoms with van der Waals surface area (Å²) in [6.07, 6.45) is 3.76.